The largest absolute Gasteiger partial charge is 0.451 e. The molecule has 1 heterocycles. The lowest BCUT2D eigenvalue weighted by Gasteiger charge is -2.00. The Kier molecular flexibility index (Phi) is 4.63. The fourth-order valence-electron chi connectivity index (χ4n) is 3.32. The van der Waals surface area contributed by atoms with Crippen molar-refractivity contribution in [3.8, 4) is 6.07 Å². The van der Waals surface area contributed by atoms with Crippen LogP contribution in [-0.2, 0) is 0 Å². The smallest absolute Gasteiger partial charge is 0.273 e. The van der Waals surface area contributed by atoms with Crippen LogP contribution in [0.25, 0.3) is 11.0 Å². The summed E-state index contributed by atoms with van der Waals surface area (Å²) in [5.74, 6) is 0.705. The number of benzene rings is 3. The maximum atomic E-state index is 10.1. The van der Waals surface area contributed by atoms with E-state index in [-0.39, 0.29) is 0 Å². The minimum Gasteiger partial charge on any atom is -0.451 e. The molecule has 0 fully saturated rings. The average molecular weight is 368 g/mol. The molecule has 0 radical (unpaired) electrons. The second-order valence-electron chi connectivity index (χ2n) is 6.52. The van der Waals surface area contributed by atoms with Crippen molar-refractivity contribution in [2.75, 3.05) is 0 Å². The first-order chi connectivity index (χ1) is 13.2. The van der Waals surface area contributed by atoms with Crippen LogP contribution in [0, 0.1) is 25.2 Å². The highest BCUT2D eigenvalue weighted by Crippen LogP contribution is 2.33. The predicted molar refractivity (Wildman–Crippen MR) is 114 cm³/mol. The third-order valence-corrected chi connectivity index (χ3v) is 7.04. The molecule has 2 nitrogen and oxygen atoms in total. The Morgan fingerprint density at radius 2 is 1.44 bits per heavy atom. The molecule has 0 aliphatic carbocycles. The van der Waals surface area contributed by atoms with E-state index in [4.69, 9.17) is 4.42 Å². The minimum absolute atomic E-state index is 0.703. The first kappa shape index (κ1) is 17.3. The molecule has 27 heavy (non-hydrogen) atoms. The first-order valence-corrected chi connectivity index (χ1v) is 10.2. The predicted octanol–water partition coefficient (Wildman–Crippen LogP) is 5.23. The van der Waals surface area contributed by atoms with E-state index in [0.29, 0.717) is 11.1 Å². The van der Waals surface area contributed by atoms with Crippen LogP contribution in [0.4, 0.5) is 0 Å². The lowest BCUT2D eigenvalue weighted by molar-refractivity contribution is 0.604. The van der Waals surface area contributed by atoms with Crippen LogP contribution >= 0.6 is 7.55 Å². The summed E-state index contributed by atoms with van der Waals surface area (Å²) in [6.45, 7) is 4.11. The lowest BCUT2D eigenvalue weighted by atomic mass is 10.1. The molecule has 0 atom stereocenters. The first-order valence-electron chi connectivity index (χ1n) is 8.86. The highest BCUT2D eigenvalue weighted by Gasteiger charge is 2.30. The van der Waals surface area contributed by atoms with E-state index in [0.717, 1.165) is 27.1 Å². The maximum Gasteiger partial charge on any atom is 0.273 e. The van der Waals surface area contributed by atoms with Crippen LogP contribution in [-0.4, -0.2) is 5.29 Å². The summed E-state index contributed by atoms with van der Waals surface area (Å²) in [4.78, 5) is 0. The van der Waals surface area contributed by atoms with E-state index in [2.05, 4.69) is 43.3 Å². The summed E-state index contributed by atoms with van der Waals surface area (Å²) in [5.41, 5.74) is 3.05. The van der Waals surface area contributed by atoms with Gasteiger partial charge in [0.2, 0.25) is 0 Å². The van der Waals surface area contributed by atoms with Crippen molar-refractivity contribution in [3.05, 3.63) is 95.7 Å². The number of nitriles is 1. The maximum absolute atomic E-state index is 10.1. The quantitative estimate of drug-likeness (QED) is 0.465. The van der Waals surface area contributed by atoms with Gasteiger partial charge in [-0.3, -0.25) is 0 Å². The van der Waals surface area contributed by atoms with Crippen LogP contribution in [0.3, 0.4) is 0 Å². The molecule has 1 aromatic heterocycles. The zero-order valence-electron chi connectivity index (χ0n) is 15.3. The van der Waals surface area contributed by atoms with Crippen molar-refractivity contribution in [1.82, 2.24) is 0 Å². The van der Waals surface area contributed by atoms with E-state index < -0.39 is 7.55 Å². The van der Waals surface area contributed by atoms with Crippen LogP contribution in [0.1, 0.15) is 16.9 Å². The van der Waals surface area contributed by atoms with Gasteiger partial charge in [-0.05, 0) is 50.2 Å². The monoisotopic (exact) mass is 368 g/mol. The summed E-state index contributed by atoms with van der Waals surface area (Å²) < 4.78 is 6.19. The van der Waals surface area contributed by atoms with Gasteiger partial charge in [0, 0.05) is 10.9 Å². The molecule has 3 aromatic carbocycles. The molecule has 4 rings (SSSR count). The third kappa shape index (κ3) is 3.19. The number of rotatable bonds is 3. The number of hydrogen-bond donors (Lipinski definition) is 0. The Labute approximate surface area is 160 Å². The van der Waals surface area contributed by atoms with Crippen LogP contribution in [0.5, 0.6) is 0 Å². The molecular weight excluding hydrogens is 349 g/mol. The van der Waals surface area contributed by atoms with E-state index in [1.54, 1.807) is 0 Å². The standard InChI is InChI=1S/C24H19NOP/c1-17-13-14-22-21(15-17)18(2)24(26-22)23(16-25)27(19-9-5-3-6-10-19)20-11-7-4-8-12-20/h3-15H,1-2H3/q+1. The Balaban J connectivity index is 2.06. The highest BCUT2D eigenvalue weighted by molar-refractivity contribution is 7.74. The average Bonchev–Trinajstić information content (AvgIpc) is 3.03. The van der Waals surface area contributed by atoms with E-state index in [9.17, 15) is 5.26 Å². The van der Waals surface area contributed by atoms with Crippen molar-refractivity contribution in [3.63, 3.8) is 0 Å². The molecule has 0 bridgehead atoms. The summed E-state index contributed by atoms with van der Waals surface area (Å²) in [6, 6.07) is 29.1. The number of aryl methyl sites for hydroxylation is 2. The van der Waals surface area contributed by atoms with Crippen LogP contribution in [0.2, 0.25) is 0 Å². The summed E-state index contributed by atoms with van der Waals surface area (Å²) >= 11 is 0. The van der Waals surface area contributed by atoms with Gasteiger partial charge in [0.05, 0.1) is 0 Å². The van der Waals surface area contributed by atoms with Gasteiger partial charge < -0.3 is 4.42 Å². The third-order valence-electron chi connectivity index (χ3n) is 4.67. The fraction of sp³-hybridized carbons (Fsp3) is 0.0833. The summed E-state index contributed by atoms with van der Waals surface area (Å²) in [5, 5.41) is 14.2. The molecule has 0 amide bonds. The van der Waals surface area contributed by atoms with Gasteiger partial charge >= 0.3 is 0 Å². The van der Waals surface area contributed by atoms with Crippen LogP contribution < -0.4 is 10.6 Å². The Hall–Kier alpha value is -3.14. The molecule has 0 saturated carbocycles. The second-order valence-corrected chi connectivity index (χ2v) is 8.67. The number of furan rings is 1. The Morgan fingerprint density at radius 1 is 0.852 bits per heavy atom. The van der Waals surface area contributed by atoms with Crippen molar-refractivity contribution in [2.24, 2.45) is 0 Å². The molecule has 130 valence electrons. The molecule has 4 aromatic rings. The second kappa shape index (κ2) is 7.23. The van der Waals surface area contributed by atoms with Crippen molar-refractivity contribution >= 4 is 34.4 Å². The van der Waals surface area contributed by atoms with Crippen LogP contribution in [0.15, 0.2) is 83.3 Å². The number of nitrogens with zero attached hydrogens (tertiary/aromatic N) is 1. The summed E-state index contributed by atoms with van der Waals surface area (Å²) in [6.07, 6.45) is 0. The normalized spacial score (nSPS) is 10.6. The summed E-state index contributed by atoms with van der Waals surface area (Å²) in [7, 11) is -0.990. The molecule has 0 aliphatic rings. The Bertz CT molecular complexity index is 1140. The van der Waals surface area contributed by atoms with Gasteiger partial charge in [-0.25, -0.2) is 0 Å². The Morgan fingerprint density at radius 3 is 2.00 bits per heavy atom. The van der Waals surface area contributed by atoms with Crippen molar-refractivity contribution in [1.29, 1.82) is 5.26 Å². The lowest BCUT2D eigenvalue weighted by Crippen LogP contribution is -2.13. The van der Waals surface area contributed by atoms with E-state index in [1.165, 1.54) is 5.56 Å². The van der Waals surface area contributed by atoms with Crippen molar-refractivity contribution in [2.45, 2.75) is 13.8 Å². The zero-order chi connectivity index (χ0) is 18.8. The van der Waals surface area contributed by atoms with Gasteiger partial charge in [0.25, 0.3) is 5.29 Å². The zero-order valence-corrected chi connectivity index (χ0v) is 16.2. The fourth-order valence-corrected chi connectivity index (χ4v) is 5.60. The molecule has 0 aliphatic heterocycles. The molecule has 0 spiro atoms. The number of hydrogen-bond acceptors (Lipinski definition) is 2. The van der Waals surface area contributed by atoms with E-state index in [1.807, 2.05) is 55.5 Å². The van der Waals surface area contributed by atoms with Gasteiger partial charge in [-0.1, -0.05) is 48.0 Å². The van der Waals surface area contributed by atoms with Crippen molar-refractivity contribution < 1.29 is 4.42 Å². The van der Waals surface area contributed by atoms with Gasteiger partial charge in [-0.15, -0.1) is 0 Å². The highest BCUT2D eigenvalue weighted by atomic mass is 31.1. The van der Waals surface area contributed by atoms with E-state index >= 15 is 0 Å². The van der Waals surface area contributed by atoms with Gasteiger partial charge in [0.1, 0.15) is 5.58 Å². The number of fused-ring (bicyclic) bond motifs is 1. The topological polar surface area (TPSA) is 36.9 Å². The molecular formula is C24H19NOP+. The minimum atomic E-state index is -0.990. The van der Waals surface area contributed by atoms with Gasteiger partial charge in [0.15, 0.2) is 30.0 Å². The molecule has 0 saturated heterocycles. The molecule has 0 N–H and O–H groups in total. The molecule has 3 heteroatoms. The molecule has 0 unspecified atom stereocenters. The SMILES string of the molecule is Cc1ccc2oc(C(C#N)=[P+](c3ccccc3)c3ccccc3)c(C)c2c1. The van der Waals surface area contributed by atoms with Gasteiger partial charge in [-0.2, -0.15) is 5.26 Å².